The number of ether oxygens (including phenoxy) is 5. The van der Waals surface area contributed by atoms with E-state index < -0.39 is 24.2 Å². The monoisotopic (exact) mass is 754 g/mol. The minimum absolute atomic E-state index is 0.0614. The van der Waals surface area contributed by atoms with E-state index in [0.717, 1.165) is 75.4 Å². The molecule has 1 atom stereocenters. The summed E-state index contributed by atoms with van der Waals surface area (Å²) < 4.78 is 67.5. The van der Waals surface area contributed by atoms with Gasteiger partial charge in [-0.3, -0.25) is 0 Å². The van der Waals surface area contributed by atoms with Crippen LogP contribution >= 0.6 is 0 Å². The summed E-state index contributed by atoms with van der Waals surface area (Å²) in [5.74, 6) is -0.713. The molecule has 10 heteroatoms. The van der Waals surface area contributed by atoms with E-state index in [2.05, 4.69) is 6.92 Å². The smallest absolute Gasteiger partial charge is 0.425 e. The Kier molecular flexibility index (Phi) is 17.8. The standard InChI is InChI=1S/C44H57F3O7/c1-3-4-5-13-16-40(44(45,46)47)54-42(49)37-23-27-39(28-24-37)53-41(48)36-19-17-34(18-20-36)35-21-25-38(26-22-35)52-30-15-12-10-8-6-7-9-11-14-29-50-31-43(2)32-51-33-43/h17-28,40H,3-16,29-33H2,1-2H3. The van der Waals surface area contributed by atoms with E-state index in [-0.39, 0.29) is 23.1 Å². The summed E-state index contributed by atoms with van der Waals surface area (Å²) >= 11 is 0. The van der Waals surface area contributed by atoms with E-state index >= 15 is 0 Å². The van der Waals surface area contributed by atoms with Gasteiger partial charge in [-0.2, -0.15) is 13.2 Å². The molecule has 0 saturated carbocycles. The number of hydrogen-bond acceptors (Lipinski definition) is 7. The molecule has 1 saturated heterocycles. The number of halogens is 3. The fourth-order valence-corrected chi connectivity index (χ4v) is 6.20. The summed E-state index contributed by atoms with van der Waals surface area (Å²) in [7, 11) is 0. The van der Waals surface area contributed by atoms with Crippen LogP contribution in [0.3, 0.4) is 0 Å². The third kappa shape index (κ3) is 15.1. The van der Waals surface area contributed by atoms with Crippen LogP contribution in [-0.2, 0) is 14.2 Å². The van der Waals surface area contributed by atoms with Gasteiger partial charge in [-0.05, 0) is 85.3 Å². The second-order valence-electron chi connectivity index (χ2n) is 14.7. The van der Waals surface area contributed by atoms with Gasteiger partial charge in [-0.15, -0.1) is 0 Å². The second kappa shape index (κ2) is 22.5. The molecular formula is C44H57F3O7. The summed E-state index contributed by atoms with van der Waals surface area (Å²) in [6.07, 6.45) is 6.50. The lowest BCUT2D eigenvalue weighted by Gasteiger charge is -2.37. The molecule has 1 heterocycles. The van der Waals surface area contributed by atoms with E-state index in [9.17, 15) is 22.8 Å². The molecule has 1 unspecified atom stereocenters. The topological polar surface area (TPSA) is 80.3 Å². The van der Waals surface area contributed by atoms with Crippen molar-refractivity contribution in [3.63, 3.8) is 0 Å². The third-order valence-corrected chi connectivity index (χ3v) is 9.60. The predicted molar refractivity (Wildman–Crippen MR) is 204 cm³/mol. The number of esters is 2. The summed E-state index contributed by atoms with van der Waals surface area (Å²) in [6, 6.07) is 20.1. The van der Waals surface area contributed by atoms with Gasteiger partial charge >= 0.3 is 18.1 Å². The molecule has 0 aliphatic carbocycles. The van der Waals surface area contributed by atoms with Crippen molar-refractivity contribution >= 4 is 11.9 Å². The molecule has 0 amide bonds. The predicted octanol–water partition coefficient (Wildman–Crippen LogP) is 11.6. The molecule has 1 aliphatic rings. The highest BCUT2D eigenvalue weighted by Gasteiger charge is 2.42. The van der Waals surface area contributed by atoms with Gasteiger partial charge in [0.05, 0.1) is 37.6 Å². The highest BCUT2D eigenvalue weighted by Crippen LogP contribution is 2.29. The minimum Gasteiger partial charge on any atom is -0.494 e. The van der Waals surface area contributed by atoms with E-state index in [1.807, 2.05) is 43.3 Å². The first-order valence-electron chi connectivity index (χ1n) is 19.6. The fourth-order valence-electron chi connectivity index (χ4n) is 6.20. The molecule has 4 rings (SSSR count). The van der Waals surface area contributed by atoms with Crippen LogP contribution in [0, 0.1) is 5.41 Å². The first kappa shape index (κ1) is 42.8. The SMILES string of the molecule is CCCCCCC(OC(=O)c1ccc(OC(=O)c2ccc(-c3ccc(OCCCCCCCCCCCOCC4(C)COC4)cc3)cc2)cc1)C(F)(F)F. The zero-order valence-electron chi connectivity index (χ0n) is 31.9. The Morgan fingerprint density at radius 2 is 1.17 bits per heavy atom. The van der Waals surface area contributed by atoms with Crippen LogP contribution in [0.4, 0.5) is 13.2 Å². The lowest BCUT2D eigenvalue weighted by molar-refractivity contribution is -0.206. The maximum Gasteiger partial charge on any atom is 0.425 e. The van der Waals surface area contributed by atoms with Crippen molar-refractivity contribution in [2.75, 3.05) is 33.0 Å². The third-order valence-electron chi connectivity index (χ3n) is 9.60. The number of rotatable bonds is 25. The Morgan fingerprint density at radius 1 is 0.667 bits per heavy atom. The van der Waals surface area contributed by atoms with Gasteiger partial charge in [0.25, 0.3) is 0 Å². The van der Waals surface area contributed by atoms with E-state index in [1.54, 1.807) is 12.1 Å². The molecule has 1 aliphatic heterocycles. The number of benzene rings is 3. The Morgan fingerprint density at radius 3 is 1.72 bits per heavy atom. The van der Waals surface area contributed by atoms with Gasteiger partial charge in [0.1, 0.15) is 11.5 Å². The van der Waals surface area contributed by atoms with E-state index in [0.29, 0.717) is 25.0 Å². The van der Waals surface area contributed by atoms with Crippen LogP contribution in [0.25, 0.3) is 11.1 Å². The Bertz CT molecular complexity index is 1520. The van der Waals surface area contributed by atoms with Crippen molar-refractivity contribution in [2.24, 2.45) is 5.41 Å². The van der Waals surface area contributed by atoms with Gasteiger partial charge in [-0.25, -0.2) is 9.59 Å². The van der Waals surface area contributed by atoms with Crippen molar-refractivity contribution in [3.05, 3.63) is 83.9 Å². The largest absolute Gasteiger partial charge is 0.494 e. The highest BCUT2D eigenvalue weighted by atomic mass is 19.4. The molecule has 0 bridgehead atoms. The lowest BCUT2D eigenvalue weighted by Crippen LogP contribution is -2.43. The van der Waals surface area contributed by atoms with Gasteiger partial charge in [-0.1, -0.05) is 102 Å². The minimum atomic E-state index is -4.65. The molecule has 0 radical (unpaired) electrons. The molecule has 7 nitrogen and oxygen atoms in total. The normalized spacial score (nSPS) is 14.2. The van der Waals surface area contributed by atoms with Crippen LogP contribution in [0.15, 0.2) is 72.8 Å². The quantitative estimate of drug-likeness (QED) is 0.0484. The van der Waals surface area contributed by atoms with Crippen molar-refractivity contribution in [1.29, 1.82) is 0 Å². The molecule has 54 heavy (non-hydrogen) atoms. The first-order valence-corrected chi connectivity index (χ1v) is 19.6. The van der Waals surface area contributed by atoms with Gasteiger partial charge < -0.3 is 23.7 Å². The molecular weight excluding hydrogens is 697 g/mol. The number of unbranched alkanes of at least 4 members (excludes halogenated alkanes) is 11. The second-order valence-corrected chi connectivity index (χ2v) is 14.7. The Hall–Kier alpha value is -3.89. The lowest BCUT2D eigenvalue weighted by atomic mass is 9.90. The molecule has 1 fully saturated rings. The molecule has 0 aromatic heterocycles. The number of carbonyl (C=O) groups excluding carboxylic acids is 2. The average molecular weight is 755 g/mol. The van der Waals surface area contributed by atoms with Crippen molar-refractivity contribution in [2.45, 2.75) is 116 Å². The van der Waals surface area contributed by atoms with Gasteiger partial charge in [0.15, 0.2) is 6.10 Å². The van der Waals surface area contributed by atoms with Crippen LogP contribution in [0.5, 0.6) is 11.5 Å². The number of carbonyl (C=O) groups is 2. The zero-order valence-corrected chi connectivity index (χ0v) is 31.9. The Labute approximate surface area is 318 Å². The van der Waals surface area contributed by atoms with Crippen LogP contribution in [-0.4, -0.2) is 57.3 Å². The van der Waals surface area contributed by atoms with Crippen LogP contribution in [0.2, 0.25) is 0 Å². The van der Waals surface area contributed by atoms with E-state index in [1.165, 1.54) is 62.8 Å². The Balaban J connectivity index is 1.08. The molecule has 296 valence electrons. The summed E-state index contributed by atoms with van der Waals surface area (Å²) in [4.78, 5) is 25.2. The van der Waals surface area contributed by atoms with E-state index in [4.69, 9.17) is 23.7 Å². The average Bonchev–Trinajstić information content (AvgIpc) is 3.15. The number of hydrogen-bond donors (Lipinski definition) is 0. The summed E-state index contributed by atoms with van der Waals surface area (Å²) in [5.41, 5.74) is 2.40. The van der Waals surface area contributed by atoms with Crippen molar-refractivity contribution < 1.29 is 46.4 Å². The van der Waals surface area contributed by atoms with Crippen LogP contribution in [0.1, 0.15) is 124 Å². The molecule has 0 N–H and O–H groups in total. The molecule has 3 aromatic rings. The van der Waals surface area contributed by atoms with Crippen LogP contribution < -0.4 is 9.47 Å². The summed E-state index contributed by atoms with van der Waals surface area (Å²) in [6.45, 7) is 8.19. The molecule has 0 spiro atoms. The highest BCUT2D eigenvalue weighted by molar-refractivity contribution is 5.92. The maximum atomic E-state index is 13.4. The number of alkyl halides is 3. The van der Waals surface area contributed by atoms with Crippen molar-refractivity contribution in [3.8, 4) is 22.6 Å². The maximum absolute atomic E-state index is 13.4. The summed E-state index contributed by atoms with van der Waals surface area (Å²) in [5, 5.41) is 0. The first-order chi connectivity index (χ1) is 26.1. The van der Waals surface area contributed by atoms with Crippen molar-refractivity contribution in [1.82, 2.24) is 0 Å². The van der Waals surface area contributed by atoms with Gasteiger partial charge in [0.2, 0.25) is 0 Å². The fraction of sp³-hybridized carbons (Fsp3) is 0.545. The van der Waals surface area contributed by atoms with Gasteiger partial charge in [0, 0.05) is 12.0 Å². The molecule has 3 aromatic carbocycles. The zero-order chi connectivity index (χ0) is 38.7.